The van der Waals surface area contributed by atoms with Crippen LogP contribution in [0.3, 0.4) is 0 Å². The summed E-state index contributed by atoms with van der Waals surface area (Å²) in [7, 11) is 0. The van der Waals surface area contributed by atoms with Crippen LogP contribution in [-0.4, -0.2) is 66.3 Å². The first-order valence-corrected chi connectivity index (χ1v) is 8.42. The van der Waals surface area contributed by atoms with Crippen LogP contribution in [0.4, 0.5) is 0 Å². The van der Waals surface area contributed by atoms with Crippen LogP contribution in [0.15, 0.2) is 0 Å². The van der Waals surface area contributed by atoms with Gasteiger partial charge in [0.15, 0.2) is 0 Å². The number of hydrogen-bond donors (Lipinski definition) is 1. The highest BCUT2D eigenvalue weighted by Gasteiger charge is 2.35. The monoisotopic (exact) mass is 281 g/mol. The molecule has 116 valence electrons. The third-order valence-electron chi connectivity index (χ3n) is 5.35. The van der Waals surface area contributed by atoms with E-state index in [1.165, 1.54) is 58.3 Å². The van der Waals surface area contributed by atoms with Gasteiger partial charge in [-0.15, -0.1) is 0 Å². The van der Waals surface area contributed by atoms with Gasteiger partial charge in [-0.2, -0.15) is 0 Å². The third kappa shape index (κ3) is 3.53. The number of ether oxygens (including phenoxy) is 1. The highest BCUT2D eigenvalue weighted by Crippen LogP contribution is 2.30. The number of nitrogens with zero attached hydrogens (tertiary/aromatic N) is 2. The molecule has 0 radical (unpaired) electrons. The molecule has 3 fully saturated rings. The number of piperidine rings is 1. The lowest BCUT2D eigenvalue weighted by atomic mass is 10.0. The van der Waals surface area contributed by atoms with E-state index in [2.05, 4.69) is 23.6 Å². The van der Waals surface area contributed by atoms with E-state index < -0.39 is 0 Å². The third-order valence-corrected chi connectivity index (χ3v) is 5.35. The number of likely N-dealkylation sites (tertiary alicyclic amines) is 2. The molecule has 4 heteroatoms. The molecule has 0 aromatic rings. The average Bonchev–Trinajstić information content (AvgIpc) is 2.98. The van der Waals surface area contributed by atoms with Gasteiger partial charge in [0.1, 0.15) is 0 Å². The van der Waals surface area contributed by atoms with Gasteiger partial charge in [-0.3, -0.25) is 9.80 Å². The lowest BCUT2D eigenvalue weighted by Gasteiger charge is -2.34. The molecule has 3 heterocycles. The Labute approximate surface area is 123 Å². The van der Waals surface area contributed by atoms with Crippen molar-refractivity contribution in [2.45, 2.75) is 69.7 Å². The van der Waals surface area contributed by atoms with E-state index in [1.54, 1.807) is 0 Å². The SMILES string of the molecule is CC1(C)CCC(CN2CCC(N3CCC(N)CC3)C2)O1. The van der Waals surface area contributed by atoms with Gasteiger partial charge in [0, 0.05) is 25.2 Å². The van der Waals surface area contributed by atoms with Gasteiger partial charge in [-0.1, -0.05) is 0 Å². The zero-order chi connectivity index (χ0) is 14.2. The van der Waals surface area contributed by atoms with E-state index in [4.69, 9.17) is 10.5 Å². The minimum absolute atomic E-state index is 0.104. The molecule has 0 aromatic carbocycles. The van der Waals surface area contributed by atoms with Crippen LogP contribution in [0.25, 0.3) is 0 Å². The van der Waals surface area contributed by atoms with Crippen molar-refractivity contribution < 1.29 is 4.74 Å². The Hall–Kier alpha value is -0.160. The topological polar surface area (TPSA) is 41.7 Å². The van der Waals surface area contributed by atoms with Crippen LogP contribution < -0.4 is 5.73 Å². The van der Waals surface area contributed by atoms with Crippen molar-refractivity contribution >= 4 is 0 Å². The molecular formula is C16H31N3O. The largest absolute Gasteiger partial charge is 0.371 e. The molecule has 2 unspecified atom stereocenters. The quantitative estimate of drug-likeness (QED) is 0.850. The Kier molecular flexibility index (Phi) is 4.37. The Bertz CT molecular complexity index is 326. The van der Waals surface area contributed by atoms with E-state index in [9.17, 15) is 0 Å². The fraction of sp³-hybridized carbons (Fsp3) is 1.00. The first-order valence-electron chi connectivity index (χ1n) is 8.42. The van der Waals surface area contributed by atoms with Crippen LogP contribution in [-0.2, 0) is 4.74 Å². The van der Waals surface area contributed by atoms with Gasteiger partial charge in [0.05, 0.1) is 11.7 Å². The first-order chi connectivity index (χ1) is 9.52. The Morgan fingerprint density at radius 3 is 2.50 bits per heavy atom. The lowest BCUT2D eigenvalue weighted by molar-refractivity contribution is -0.0269. The molecule has 3 rings (SSSR count). The minimum Gasteiger partial charge on any atom is -0.371 e. The Morgan fingerprint density at radius 1 is 1.10 bits per heavy atom. The molecule has 0 aliphatic carbocycles. The average molecular weight is 281 g/mol. The summed E-state index contributed by atoms with van der Waals surface area (Å²) in [5.41, 5.74) is 6.11. The first kappa shape index (κ1) is 14.8. The van der Waals surface area contributed by atoms with Gasteiger partial charge in [-0.25, -0.2) is 0 Å². The molecule has 0 aromatic heterocycles. The molecule has 3 aliphatic rings. The summed E-state index contributed by atoms with van der Waals surface area (Å²) in [6, 6.07) is 1.20. The minimum atomic E-state index is 0.104. The van der Waals surface area contributed by atoms with Gasteiger partial charge in [0.2, 0.25) is 0 Å². The summed E-state index contributed by atoms with van der Waals surface area (Å²) in [5.74, 6) is 0. The standard InChI is InChI=1S/C16H31N3O/c1-16(2)7-3-15(20-16)12-18-8-6-14(11-18)19-9-4-13(17)5-10-19/h13-15H,3-12,17H2,1-2H3. The number of hydrogen-bond acceptors (Lipinski definition) is 4. The number of nitrogens with two attached hydrogens (primary N) is 1. The zero-order valence-corrected chi connectivity index (χ0v) is 13.2. The van der Waals surface area contributed by atoms with Crippen molar-refractivity contribution in [3.05, 3.63) is 0 Å². The van der Waals surface area contributed by atoms with Crippen molar-refractivity contribution in [1.29, 1.82) is 0 Å². The van der Waals surface area contributed by atoms with Crippen LogP contribution in [0.5, 0.6) is 0 Å². The Morgan fingerprint density at radius 2 is 1.85 bits per heavy atom. The molecule has 0 bridgehead atoms. The van der Waals surface area contributed by atoms with Crippen LogP contribution in [0.2, 0.25) is 0 Å². The second kappa shape index (κ2) is 5.91. The smallest absolute Gasteiger partial charge is 0.0710 e. The summed E-state index contributed by atoms with van der Waals surface area (Å²) in [4.78, 5) is 5.29. The molecular weight excluding hydrogens is 250 g/mol. The predicted octanol–water partition coefficient (Wildman–Crippen LogP) is 1.44. The fourth-order valence-electron chi connectivity index (χ4n) is 4.05. The summed E-state index contributed by atoms with van der Waals surface area (Å²) < 4.78 is 6.13. The van der Waals surface area contributed by atoms with E-state index in [1.807, 2.05) is 0 Å². The Balaban J connectivity index is 1.43. The summed E-state index contributed by atoms with van der Waals surface area (Å²) in [6.07, 6.45) is 6.57. The molecule has 3 aliphatic heterocycles. The van der Waals surface area contributed by atoms with Gasteiger partial charge < -0.3 is 10.5 Å². The summed E-state index contributed by atoms with van der Waals surface area (Å²) >= 11 is 0. The molecule has 3 saturated heterocycles. The van der Waals surface area contributed by atoms with Gasteiger partial charge in [-0.05, 0) is 65.6 Å². The molecule has 20 heavy (non-hydrogen) atoms. The molecule has 4 nitrogen and oxygen atoms in total. The highest BCUT2D eigenvalue weighted by molar-refractivity contribution is 4.89. The maximum absolute atomic E-state index is 6.13. The maximum atomic E-state index is 6.13. The molecule has 0 amide bonds. The zero-order valence-electron chi connectivity index (χ0n) is 13.2. The van der Waals surface area contributed by atoms with Crippen molar-refractivity contribution in [2.24, 2.45) is 5.73 Å². The summed E-state index contributed by atoms with van der Waals surface area (Å²) in [6.45, 7) is 10.4. The highest BCUT2D eigenvalue weighted by atomic mass is 16.5. The fourth-order valence-corrected chi connectivity index (χ4v) is 4.05. The predicted molar refractivity (Wildman–Crippen MR) is 81.8 cm³/mol. The normalized spacial score (nSPS) is 36.8. The van der Waals surface area contributed by atoms with Gasteiger partial charge >= 0.3 is 0 Å². The maximum Gasteiger partial charge on any atom is 0.0710 e. The van der Waals surface area contributed by atoms with E-state index in [0.29, 0.717) is 12.1 Å². The molecule has 0 saturated carbocycles. The van der Waals surface area contributed by atoms with Crippen LogP contribution in [0.1, 0.15) is 46.0 Å². The van der Waals surface area contributed by atoms with E-state index >= 15 is 0 Å². The van der Waals surface area contributed by atoms with Crippen molar-refractivity contribution in [3.63, 3.8) is 0 Å². The van der Waals surface area contributed by atoms with E-state index in [0.717, 1.165) is 12.6 Å². The summed E-state index contributed by atoms with van der Waals surface area (Å²) in [5, 5.41) is 0. The van der Waals surface area contributed by atoms with Gasteiger partial charge in [0.25, 0.3) is 0 Å². The second-order valence-corrected chi connectivity index (χ2v) is 7.61. The molecule has 2 N–H and O–H groups in total. The van der Waals surface area contributed by atoms with Crippen molar-refractivity contribution in [3.8, 4) is 0 Å². The van der Waals surface area contributed by atoms with Crippen LogP contribution in [0, 0.1) is 0 Å². The van der Waals surface area contributed by atoms with E-state index in [-0.39, 0.29) is 5.60 Å². The lowest BCUT2D eigenvalue weighted by Crippen LogP contribution is -2.46. The van der Waals surface area contributed by atoms with Crippen molar-refractivity contribution in [1.82, 2.24) is 9.80 Å². The molecule has 0 spiro atoms. The van der Waals surface area contributed by atoms with Crippen LogP contribution >= 0.6 is 0 Å². The second-order valence-electron chi connectivity index (χ2n) is 7.61. The number of rotatable bonds is 3. The molecule has 2 atom stereocenters. The van der Waals surface area contributed by atoms with Crippen molar-refractivity contribution in [2.75, 3.05) is 32.7 Å².